The fourth-order valence-electron chi connectivity index (χ4n) is 0.866. The van der Waals surface area contributed by atoms with Gasteiger partial charge in [-0.1, -0.05) is 0 Å². The van der Waals surface area contributed by atoms with E-state index in [1.807, 2.05) is 0 Å². The van der Waals surface area contributed by atoms with Gasteiger partial charge in [0.25, 0.3) is 6.43 Å². The molecule has 0 fully saturated rings. The predicted octanol–water partition coefficient (Wildman–Crippen LogP) is 1.41. The Morgan fingerprint density at radius 1 is 1.29 bits per heavy atom. The molecule has 0 unspecified atom stereocenters. The first kappa shape index (κ1) is 11.0. The summed E-state index contributed by atoms with van der Waals surface area (Å²) in [5, 5.41) is 4.68. The molecule has 0 aliphatic heterocycles. The van der Waals surface area contributed by atoms with Gasteiger partial charge >= 0.3 is 0 Å². The van der Waals surface area contributed by atoms with Gasteiger partial charge in [0, 0.05) is 0 Å². The molecule has 0 heterocycles. The van der Waals surface area contributed by atoms with Crippen molar-refractivity contribution in [2.45, 2.75) is 11.3 Å². The molecule has 0 bridgehead atoms. The maximum absolute atomic E-state index is 12.7. The monoisotopic (exact) mass is 225 g/mol. The summed E-state index contributed by atoms with van der Waals surface area (Å²) in [7, 11) is -4.08. The van der Waals surface area contributed by atoms with Crippen LogP contribution >= 0.6 is 0 Å². The highest BCUT2D eigenvalue weighted by atomic mass is 32.2. The number of primary sulfonamides is 1. The molecule has 0 aliphatic carbocycles. The third kappa shape index (κ3) is 2.24. The second kappa shape index (κ2) is 3.58. The van der Waals surface area contributed by atoms with Gasteiger partial charge in [-0.2, -0.15) is 0 Å². The fourth-order valence-corrected chi connectivity index (χ4v) is 1.41. The van der Waals surface area contributed by atoms with Crippen LogP contribution in [0.3, 0.4) is 0 Å². The van der Waals surface area contributed by atoms with E-state index in [1.54, 1.807) is 0 Å². The normalized spacial score (nSPS) is 12.1. The van der Waals surface area contributed by atoms with Crippen molar-refractivity contribution in [2.24, 2.45) is 5.14 Å². The lowest BCUT2D eigenvalue weighted by Crippen LogP contribution is -2.12. The third-order valence-electron chi connectivity index (χ3n) is 1.53. The number of nitrogens with two attached hydrogens (primary N) is 1. The van der Waals surface area contributed by atoms with E-state index in [9.17, 15) is 21.6 Å². The summed E-state index contributed by atoms with van der Waals surface area (Å²) in [5.41, 5.74) is -0.975. The number of sulfonamides is 1. The molecular formula is C7H6F3NO2S. The molecule has 2 N–H and O–H groups in total. The predicted molar refractivity (Wildman–Crippen MR) is 42.7 cm³/mol. The molecule has 0 aliphatic rings. The zero-order chi connectivity index (χ0) is 10.9. The van der Waals surface area contributed by atoms with Gasteiger partial charge in [0.2, 0.25) is 10.0 Å². The van der Waals surface area contributed by atoms with E-state index in [0.29, 0.717) is 12.1 Å². The lowest BCUT2D eigenvalue weighted by atomic mass is 10.2. The van der Waals surface area contributed by atoms with Crippen LogP contribution in [0.5, 0.6) is 0 Å². The Kier molecular flexibility index (Phi) is 2.81. The van der Waals surface area contributed by atoms with E-state index in [4.69, 9.17) is 0 Å². The van der Waals surface area contributed by atoms with Crippen LogP contribution in [0.1, 0.15) is 12.0 Å². The van der Waals surface area contributed by atoms with Gasteiger partial charge < -0.3 is 0 Å². The molecule has 0 amide bonds. The number of hydrogen-bond acceptors (Lipinski definition) is 2. The molecule has 0 saturated heterocycles. The highest BCUT2D eigenvalue weighted by Crippen LogP contribution is 2.24. The fraction of sp³-hybridized carbons (Fsp3) is 0.143. The first-order valence-corrected chi connectivity index (χ1v) is 4.97. The lowest BCUT2D eigenvalue weighted by Gasteiger charge is -2.03. The van der Waals surface area contributed by atoms with Crippen molar-refractivity contribution >= 4 is 10.0 Å². The van der Waals surface area contributed by atoms with Gasteiger partial charge in [-0.3, -0.25) is 0 Å². The van der Waals surface area contributed by atoms with Crippen LogP contribution in [-0.2, 0) is 10.0 Å². The number of rotatable bonds is 2. The molecule has 0 atom stereocenters. The molecule has 7 heteroatoms. The Balaban J connectivity index is 3.34. The average molecular weight is 225 g/mol. The van der Waals surface area contributed by atoms with E-state index in [0.717, 1.165) is 6.07 Å². The zero-order valence-corrected chi connectivity index (χ0v) is 7.56. The van der Waals surface area contributed by atoms with Crippen LogP contribution in [-0.4, -0.2) is 8.42 Å². The molecule has 78 valence electrons. The number of halogens is 3. The average Bonchev–Trinajstić information content (AvgIpc) is 2.02. The molecular weight excluding hydrogens is 219 g/mol. The largest absolute Gasteiger partial charge is 0.266 e. The van der Waals surface area contributed by atoms with Gasteiger partial charge in [0.05, 0.1) is 10.5 Å². The summed E-state index contributed by atoms with van der Waals surface area (Å²) in [6, 6.07) is 1.99. The number of alkyl halides is 2. The van der Waals surface area contributed by atoms with Crippen LogP contribution in [0.2, 0.25) is 0 Å². The van der Waals surface area contributed by atoms with E-state index in [1.165, 1.54) is 0 Å². The summed E-state index contributed by atoms with van der Waals surface area (Å²) >= 11 is 0. The van der Waals surface area contributed by atoms with Crippen molar-refractivity contribution in [3.63, 3.8) is 0 Å². The molecule has 0 aromatic heterocycles. The Morgan fingerprint density at radius 2 is 1.86 bits per heavy atom. The standard InChI is InChI=1S/C7H6F3NO2S/c8-6-2-1-4(14(11,12)13)3-5(6)7(9)10/h1-3,7H,(H2,11,12,13). The maximum Gasteiger partial charge on any atom is 0.266 e. The summed E-state index contributed by atoms with van der Waals surface area (Å²) in [6.45, 7) is 0. The summed E-state index contributed by atoms with van der Waals surface area (Å²) < 4.78 is 58.4. The first-order valence-electron chi connectivity index (χ1n) is 3.43. The minimum atomic E-state index is -4.08. The number of benzene rings is 1. The van der Waals surface area contributed by atoms with Crippen molar-refractivity contribution in [1.82, 2.24) is 0 Å². The van der Waals surface area contributed by atoms with Gasteiger partial charge in [0.1, 0.15) is 5.82 Å². The Labute approximate surface area is 78.4 Å². The summed E-state index contributed by atoms with van der Waals surface area (Å²) in [5.74, 6) is -1.16. The Bertz CT molecular complexity index is 444. The summed E-state index contributed by atoms with van der Waals surface area (Å²) in [4.78, 5) is -0.533. The Hall–Kier alpha value is -1.08. The minimum Gasteiger partial charge on any atom is -0.225 e. The van der Waals surface area contributed by atoms with E-state index >= 15 is 0 Å². The molecule has 0 radical (unpaired) electrons. The zero-order valence-electron chi connectivity index (χ0n) is 6.75. The van der Waals surface area contributed by atoms with Gasteiger partial charge in [0.15, 0.2) is 0 Å². The van der Waals surface area contributed by atoms with Gasteiger partial charge in [-0.05, 0) is 18.2 Å². The van der Waals surface area contributed by atoms with Crippen LogP contribution in [0.4, 0.5) is 13.2 Å². The molecule has 1 rings (SSSR count). The SMILES string of the molecule is NS(=O)(=O)c1ccc(F)c(C(F)F)c1. The van der Waals surface area contributed by atoms with Crippen molar-refractivity contribution < 1.29 is 21.6 Å². The molecule has 3 nitrogen and oxygen atoms in total. The molecule has 1 aromatic carbocycles. The molecule has 0 spiro atoms. The lowest BCUT2D eigenvalue weighted by molar-refractivity contribution is 0.146. The van der Waals surface area contributed by atoms with Gasteiger partial charge in [-0.15, -0.1) is 0 Å². The van der Waals surface area contributed by atoms with E-state index in [2.05, 4.69) is 5.14 Å². The molecule has 1 aromatic rings. The number of hydrogen-bond donors (Lipinski definition) is 1. The highest BCUT2D eigenvalue weighted by molar-refractivity contribution is 7.89. The van der Waals surface area contributed by atoms with Crippen molar-refractivity contribution in [2.75, 3.05) is 0 Å². The van der Waals surface area contributed by atoms with Crippen LogP contribution in [0.15, 0.2) is 23.1 Å². The maximum atomic E-state index is 12.7. The van der Waals surface area contributed by atoms with Crippen LogP contribution < -0.4 is 5.14 Å². The van der Waals surface area contributed by atoms with Crippen molar-refractivity contribution in [3.8, 4) is 0 Å². The molecule has 0 saturated carbocycles. The Morgan fingerprint density at radius 3 is 2.29 bits per heavy atom. The first-order chi connectivity index (χ1) is 6.32. The smallest absolute Gasteiger partial charge is 0.225 e. The summed E-state index contributed by atoms with van der Waals surface area (Å²) in [6.07, 6.45) is -3.07. The van der Waals surface area contributed by atoms with Crippen LogP contribution in [0, 0.1) is 5.82 Å². The minimum absolute atomic E-state index is 0.523. The molecule has 14 heavy (non-hydrogen) atoms. The van der Waals surface area contributed by atoms with E-state index in [-0.39, 0.29) is 0 Å². The third-order valence-corrected chi connectivity index (χ3v) is 2.44. The van der Waals surface area contributed by atoms with Crippen molar-refractivity contribution in [1.29, 1.82) is 0 Å². The van der Waals surface area contributed by atoms with Crippen molar-refractivity contribution in [3.05, 3.63) is 29.6 Å². The topological polar surface area (TPSA) is 60.2 Å². The second-order valence-corrected chi connectivity index (χ2v) is 4.09. The second-order valence-electron chi connectivity index (χ2n) is 2.53. The van der Waals surface area contributed by atoms with E-state index < -0.39 is 32.7 Å². The van der Waals surface area contributed by atoms with Crippen LogP contribution in [0.25, 0.3) is 0 Å². The van der Waals surface area contributed by atoms with Gasteiger partial charge in [-0.25, -0.2) is 26.7 Å². The highest BCUT2D eigenvalue weighted by Gasteiger charge is 2.17. The quantitative estimate of drug-likeness (QED) is 0.827.